The number of anilines is 1. The first-order valence-electron chi connectivity index (χ1n) is 7.76. The lowest BCUT2D eigenvalue weighted by molar-refractivity contribution is -0.132. The first-order valence-corrected chi connectivity index (χ1v) is 7.76. The van der Waals surface area contributed by atoms with E-state index >= 15 is 0 Å². The van der Waals surface area contributed by atoms with Gasteiger partial charge < -0.3 is 15.5 Å². The molecule has 2 rings (SSSR count). The van der Waals surface area contributed by atoms with E-state index < -0.39 is 12.6 Å². The maximum absolute atomic E-state index is 12.1. The number of para-hydroxylation sites is 1. The molecule has 0 saturated carbocycles. The highest BCUT2D eigenvalue weighted by Gasteiger charge is 2.26. The van der Waals surface area contributed by atoms with Crippen LogP contribution in [0.5, 0.6) is 0 Å². The molecule has 0 bridgehead atoms. The molecule has 1 aromatic carbocycles. The second-order valence-electron chi connectivity index (χ2n) is 5.67. The summed E-state index contributed by atoms with van der Waals surface area (Å²) in [6.45, 7) is 3.39. The van der Waals surface area contributed by atoms with E-state index in [4.69, 9.17) is 0 Å². The van der Waals surface area contributed by atoms with Gasteiger partial charge in [0.15, 0.2) is 5.96 Å². The maximum Gasteiger partial charge on any atom is 0.390 e. The minimum atomic E-state index is -4.15. The molecule has 0 amide bonds. The van der Waals surface area contributed by atoms with Gasteiger partial charge in [-0.1, -0.05) is 18.2 Å². The molecule has 1 aliphatic heterocycles. The topological polar surface area (TPSA) is 39.7 Å². The van der Waals surface area contributed by atoms with E-state index in [1.807, 2.05) is 12.1 Å². The van der Waals surface area contributed by atoms with Crippen molar-refractivity contribution in [3.05, 3.63) is 29.8 Å². The molecule has 1 unspecified atom stereocenters. The Morgan fingerprint density at radius 2 is 1.96 bits per heavy atom. The molecule has 4 nitrogen and oxygen atoms in total. The fourth-order valence-electron chi connectivity index (χ4n) is 2.81. The van der Waals surface area contributed by atoms with Crippen LogP contribution in [0.1, 0.15) is 18.9 Å². The molecule has 0 aliphatic carbocycles. The Balaban J connectivity index is 1.78. The maximum atomic E-state index is 12.1. The van der Waals surface area contributed by atoms with Gasteiger partial charge in [-0.15, -0.1) is 0 Å². The van der Waals surface area contributed by atoms with E-state index in [-0.39, 0.29) is 6.54 Å². The van der Waals surface area contributed by atoms with Crippen molar-refractivity contribution in [1.29, 1.82) is 0 Å². The molecule has 23 heavy (non-hydrogen) atoms. The Morgan fingerprint density at radius 1 is 1.26 bits per heavy atom. The first-order chi connectivity index (χ1) is 10.9. The molecular weight excluding hydrogens is 305 g/mol. The predicted octanol–water partition coefficient (Wildman–Crippen LogP) is 2.56. The molecule has 128 valence electrons. The summed E-state index contributed by atoms with van der Waals surface area (Å²) in [6.07, 6.45) is -4.00. The Bertz CT molecular complexity index is 542. The second kappa shape index (κ2) is 7.57. The fourth-order valence-corrected chi connectivity index (χ4v) is 2.81. The number of guanidine groups is 1. The van der Waals surface area contributed by atoms with Crippen molar-refractivity contribution in [3.63, 3.8) is 0 Å². The number of benzene rings is 1. The quantitative estimate of drug-likeness (QED) is 0.645. The third kappa shape index (κ3) is 5.04. The summed E-state index contributed by atoms with van der Waals surface area (Å²) >= 11 is 0. The van der Waals surface area contributed by atoms with Crippen molar-refractivity contribution in [1.82, 2.24) is 10.6 Å². The number of alkyl halides is 3. The minimum absolute atomic E-state index is 0.174. The van der Waals surface area contributed by atoms with E-state index in [9.17, 15) is 13.2 Å². The standard InChI is InChI=1S/C16H23F3N4/c1-12-11-13-5-3-4-6-14(13)23(12)10-9-22-15(20-2)21-8-7-16(17,18)19/h3-6,12H,7-11H2,1-2H3,(H2,20,21,22). The van der Waals surface area contributed by atoms with Crippen molar-refractivity contribution in [2.45, 2.75) is 32.0 Å². The second-order valence-corrected chi connectivity index (χ2v) is 5.67. The average Bonchev–Trinajstić information content (AvgIpc) is 2.80. The van der Waals surface area contributed by atoms with Gasteiger partial charge in [0.05, 0.1) is 6.42 Å². The van der Waals surface area contributed by atoms with Crippen molar-refractivity contribution in [3.8, 4) is 0 Å². The summed E-state index contributed by atoms with van der Waals surface area (Å²) in [5, 5.41) is 5.75. The summed E-state index contributed by atoms with van der Waals surface area (Å²) < 4.78 is 36.4. The number of halogens is 3. The number of aliphatic imine (C=N–C) groups is 1. The Kier molecular flexibility index (Phi) is 5.74. The van der Waals surface area contributed by atoms with Crippen LogP contribution >= 0.6 is 0 Å². The molecule has 0 spiro atoms. The van der Waals surface area contributed by atoms with Crippen LogP contribution in [0.25, 0.3) is 0 Å². The number of hydrogen-bond acceptors (Lipinski definition) is 2. The van der Waals surface area contributed by atoms with Gasteiger partial charge in [0, 0.05) is 38.4 Å². The lowest BCUT2D eigenvalue weighted by Crippen LogP contribution is -2.43. The van der Waals surface area contributed by atoms with Crippen LogP contribution in [0, 0.1) is 0 Å². The fraction of sp³-hybridized carbons (Fsp3) is 0.562. The molecule has 7 heteroatoms. The zero-order valence-electron chi connectivity index (χ0n) is 13.5. The van der Waals surface area contributed by atoms with Gasteiger partial charge in [-0.2, -0.15) is 13.2 Å². The van der Waals surface area contributed by atoms with Crippen LogP contribution in [0.3, 0.4) is 0 Å². The molecule has 2 N–H and O–H groups in total. The Hall–Kier alpha value is -1.92. The van der Waals surface area contributed by atoms with Crippen molar-refractivity contribution in [2.24, 2.45) is 4.99 Å². The molecule has 0 radical (unpaired) electrons. The molecule has 1 atom stereocenters. The van der Waals surface area contributed by atoms with Gasteiger partial charge in [-0.05, 0) is 25.0 Å². The molecular formula is C16H23F3N4. The van der Waals surface area contributed by atoms with E-state index in [2.05, 4.69) is 39.6 Å². The third-order valence-corrected chi connectivity index (χ3v) is 3.92. The van der Waals surface area contributed by atoms with Crippen LogP contribution in [0.15, 0.2) is 29.3 Å². The third-order valence-electron chi connectivity index (χ3n) is 3.92. The number of fused-ring (bicyclic) bond motifs is 1. The number of hydrogen-bond donors (Lipinski definition) is 2. The highest BCUT2D eigenvalue weighted by molar-refractivity contribution is 5.79. The van der Waals surface area contributed by atoms with E-state index in [0.29, 0.717) is 18.5 Å². The van der Waals surface area contributed by atoms with Crippen molar-refractivity contribution < 1.29 is 13.2 Å². The smallest absolute Gasteiger partial charge is 0.367 e. The predicted molar refractivity (Wildman–Crippen MR) is 87.0 cm³/mol. The van der Waals surface area contributed by atoms with Crippen LogP contribution < -0.4 is 15.5 Å². The van der Waals surface area contributed by atoms with E-state index in [1.54, 1.807) is 7.05 Å². The largest absolute Gasteiger partial charge is 0.390 e. The molecule has 0 fully saturated rings. The highest BCUT2D eigenvalue weighted by atomic mass is 19.4. The molecule has 1 aliphatic rings. The molecule has 1 aromatic rings. The SMILES string of the molecule is CN=C(NCCN1c2ccccc2CC1C)NCCC(F)(F)F. The molecule has 1 heterocycles. The van der Waals surface area contributed by atoms with Crippen LogP contribution in [-0.2, 0) is 6.42 Å². The van der Waals surface area contributed by atoms with Gasteiger partial charge in [0.25, 0.3) is 0 Å². The number of nitrogens with zero attached hydrogens (tertiary/aromatic N) is 2. The normalized spacial score (nSPS) is 18.0. The van der Waals surface area contributed by atoms with Crippen molar-refractivity contribution in [2.75, 3.05) is 31.6 Å². The highest BCUT2D eigenvalue weighted by Crippen LogP contribution is 2.31. The monoisotopic (exact) mass is 328 g/mol. The van der Waals surface area contributed by atoms with Crippen molar-refractivity contribution >= 4 is 11.6 Å². The lowest BCUT2D eigenvalue weighted by atomic mass is 10.1. The van der Waals surface area contributed by atoms with Crippen LogP contribution in [-0.4, -0.2) is 44.9 Å². The summed E-state index contributed by atoms with van der Waals surface area (Å²) in [4.78, 5) is 6.25. The molecule has 0 aromatic heterocycles. The Morgan fingerprint density at radius 3 is 2.65 bits per heavy atom. The van der Waals surface area contributed by atoms with Gasteiger partial charge in [0.1, 0.15) is 0 Å². The number of nitrogens with one attached hydrogen (secondary N) is 2. The lowest BCUT2D eigenvalue weighted by Gasteiger charge is -2.25. The van der Waals surface area contributed by atoms with E-state index in [0.717, 1.165) is 13.0 Å². The summed E-state index contributed by atoms with van der Waals surface area (Å²) in [5.74, 6) is 0.398. The van der Waals surface area contributed by atoms with Crippen LogP contribution in [0.4, 0.5) is 18.9 Å². The van der Waals surface area contributed by atoms with Gasteiger partial charge in [-0.3, -0.25) is 4.99 Å². The van der Waals surface area contributed by atoms with Gasteiger partial charge in [-0.25, -0.2) is 0 Å². The first kappa shape index (κ1) is 17.4. The summed E-state index contributed by atoms with van der Waals surface area (Å²) in [6, 6.07) is 8.73. The Labute approximate surface area is 134 Å². The number of rotatable bonds is 5. The van der Waals surface area contributed by atoms with Gasteiger partial charge in [0.2, 0.25) is 0 Å². The van der Waals surface area contributed by atoms with Crippen LogP contribution in [0.2, 0.25) is 0 Å². The molecule has 0 saturated heterocycles. The van der Waals surface area contributed by atoms with Gasteiger partial charge >= 0.3 is 6.18 Å². The zero-order chi connectivity index (χ0) is 16.9. The zero-order valence-corrected chi connectivity index (χ0v) is 13.5. The summed E-state index contributed by atoms with van der Waals surface area (Å²) in [5.41, 5.74) is 2.58. The summed E-state index contributed by atoms with van der Waals surface area (Å²) in [7, 11) is 1.55. The van der Waals surface area contributed by atoms with E-state index in [1.165, 1.54) is 11.3 Å². The average molecular weight is 328 g/mol. The minimum Gasteiger partial charge on any atom is -0.367 e.